The minimum absolute atomic E-state index is 0.0329. The molecule has 5 nitrogen and oxygen atoms in total. The maximum absolute atomic E-state index is 12.0. The third kappa shape index (κ3) is 4.19. The van der Waals surface area contributed by atoms with E-state index in [2.05, 4.69) is 24.1 Å². The van der Waals surface area contributed by atoms with Gasteiger partial charge in [0, 0.05) is 37.6 Å². The fourth-order valence-electron chi connectivity index (χ4n) is 3.57. The van der Waals surface area contributed by atoms with Crippen molar-refractivity contribution in [1.29, 1.82) is 0 Å². The summed E-state index contributed by atoms with van der Waals surface area (Å²) in [5.41, 5.74) is 0. The molecule has 0 aromatic heterocycles. The van der Waals surface area contributed by atoms with Crippen LogP contribution in [0.1, 0.15) is 52.9 Å². The summed E-state index contributed by atoms with van der Waals surface area (Å²) in [6.45, 7) is 8.33. The molecule has 2 aliphatic rings. The minimum Gasteiger partial charge on any atom is -0.353 e. The highest BCUT2D eigenvalue weighted by atomic mass is 16.2. The number of nitrogens with one attached hydrogen (secondary N) is 1. The van der Waals surface area contributed by atoms with Crippen molar-refractivity contribution in [2.45, 2.75) is 71.0 Å². The topological polar surface area (TPSA) is 52.7 Å². The highest BCUT2D eigenvalue weighted by Crippen LogP contribution is 2.21. The molecule has 2 amide bonds. The van der Waals surface area contributed by atoms with E-state index in [1.54, 1.807) is 4.90 Å². The van der Waals surface area contributed by atoms with E-state index in [0.29, 0.717) is 25.0 Å². The largest absolute Gasteiger partial charge is 0.353 e. The second-order valence-corrected chi connectivity index (χ2v) is 6.63. The monoisotopic (exact) mass is 295 g/mol. The fourth-order valence-corrected chi connectivity index (χ4v) is 3.57. The van der Waals surface area contributed by atoms with E-state index in [4.69, 9.17) is 0 Å². The summed E-state index contributed by atoms with van der Waals surface area (Å²) in [7, 11) is 0. The second-order valence-electron chi connectivity index (χ2n) is 6.63. The molecular weight excluding hydrogens is 266 g/mol. The lowest BCUT2D eigenvalue weighted by atomic mass is 9.98. The van der Waals surface area contributed by atoms with Crippen molar-refractivity contribution < 1.29 is 9.59 Å². The van der Waals surface area contributed by atoms with Gasteiger partial charge in [-0.25, -0.2) is 0 Å². The summed E-state index contributed by atoms with van der Waals surface area (Å²) >= 11 is 0. The number of hydrogen-bond donors (Lipinski definition) is 1. The number of carbonyl (C=O) groups excluding carboxylic acids is 2. The molecule has 0 spiro atoms. The molecule has 0 aliphatic carbocycles. The van der Waals surface area contributed by atoms with Crippen LogP contribution in [0.15, 0.2) is 0 Å². The van der Waals surface area contributed by atoms with Crippen LogP contribution in [0.4, 0.5) is 0 Å². The van der Waals surface area contributed by atoms with Crippen molar-refractivity contribution in [2.75, 3.05) is 19.6 Å². The quantitative estimate of drug-likeness (QED) is 0.833. The van der Waals surface area contributed by atoms with Crippen LogP contribution in [0, 0.1) is 0 Å². The Hall–Kier alpha value is -1.10. The van der Waals surface area contributed by atoms with Crippen LogP contribution in [0.3, 0.4) is 0 Å². The SMILES string of the molecule is C[C@@H]1CCC(=O)N1CC(=O)NCCN1[C@H](C)CCC[C@@H]1C. The van der Waals surface area contributed by atoms with Crippen molar-refractivity contribution in [2.24, 2.45) is 0 Å². The number of amides is 2. The van der Waals surface area contributed by atoms with Gasteiger partial charge in [0.1, 0.15) is 0 Å². The van der Waals surface area contributed by atoms with Crippen molar-refractivity contribution in [3.8, 4) is 0 Å². The summed E-state index contributed by atoms with van der Waals surface area (Å²) in [5.74, 6) is 0.0744. The third-order valence-corrected chi connectivity index (χ3v) is 5.01. The summed E-state index contributed by atoms with van der Waals surface area (Å²) in [5, 5.41) is 2.96. The highest BCUT2D eigenvalue weighted by molar-refractivity contribution is 5.86. The number of carbonyl (C=O) groups is 2. The molecule has 3 atom stereocenters. The van der Waals surface area contributed by atoms with E-state index in [9.17, 15) is 9.59 Å². The standard InChI is InChI=1S/C16H29N3O2/c1-12-5-4-6-13(2)18(12)10-9-17-15(20)11-19-14(3)7-8-16(19)21/h12-14H,4-11H2,1-3H3,(H,17,20)/t12-,13+,14-/m1/s1. The number of hydrogen-bond acceptors (Lipinski definition) is 3. The van der Waals surface area contributed by atoms with E-state index in [1.807, 2.05) is 6.92 Å². The smallest absolute Gasteiger partial charge is 0.239 e. The first kappa shape index (κ1) is 16.3. The predicted octanol–water partition coefficient (Wildman–Crippen LogP) is 1.38. The first-order chi connectivity index (χ1) is 9.99. The predicted molar refractivity (Wildman–Crippen MR) is 82.9 cm³/mol. The molecule has 0 saturated carbocycles. The van der Waals surface area contributed by atoms with Crippen LogP contribution in [-0.2, 0) is 9.59 Å². The molecule has 120 valence electrons. The maximum atomic E-state index is 12.0. The normalized spacial score (nSPS) is 30.7. The zero-order chi connectivity index (χ0) is 15.4. The molecular formula is C16H29N3O2. The molecule has 0 aromatic rings. The number of nitrogens with zero attached hydrogens (tertiary/aromatic N) is 2. The minimum atomic E-state index is -0.0329. The first-order valence-corrected chi connectivity index (χ1v) is 8.31. The lowest BCUT2D eigenvalue weighted by Gasteiger charge is -2.39. The lowest BCUT2D eigenvalue weighted by Crippen LogP contribution is -2.48. The molecule has 0 radical (unpaired) electrons. The van der Waals surface area contributed by atoms with Crippen LogP contribution in [0.25, 0.3) is 0 Å². The molecule has 2 aliphatic heterocycles. The Morgan fingerprint density at radius 1 is 1.14 bits per heavy atom. The van der Waals surface area contributed by atoms with E-state index >= 15 is 0 Å². The van der Waals surface area contributed by atoms with Gasteiger partial charge in [-0.05, 0) is 40.0 Å². The Morgan fingerprint density at radius 3 is 2.38 bits per heavy atom. The molecule has 5 heteroatoms. The first-order valence-electron chi connectivity index (χ1n) is 8.31. The van der Waals surface area contributed by atoms with Crippen LogP contribution in [0.5, 0.6) is 0 Å². The van der Waals surface area contributed by atoms with Gasteiger partial charge in [-0.2, -0.15) is 0 Å². The summed E-state index contributed by atoms with van der Waals surface area (Å²) < 4.78 is 0. The van der Waals surface area contributed by atoms with Crippen molar-refractivity contribution in [1.82, 2.24) is 15.1 Å². The van der Waals surface area contributed by atoms with Gasteiger partial charge in [-0.1, -0.05) is 6.42 Å². The Bertz CT molecular complexity index is 376. The fraction of sp³-hybridized carbons (Fsp3) is 0.875. The van der Waals surface area contributed by atoms with Gasteiger partial charge in [-0.15, -0.1) is 0 Å². The van der Waals surface area contributed by atoms with Crippen LogP contribution in [-0.4, -0.2) is 59.4 Å². The Balaban J connectivity index is 1.70. The van der Waals surface area contributed by atoms with Gasteiger partial charge >= 0.3 is 0 Å². The molecule has 1 N–H and O–H groups in total. The van der Waals surface area contributed by atoms with Crippen molar-refractivity contribution in [3.63, 3.8) is 0 Å². The maximum Gasteiger partial charge on any atom is 0.239 e. The Labute approximate surface area is 128 Å². The van der Waals surface area contributed by atoms with E-state index < -0.39 is 0 Å². The molecule has 21 heavy (non-hydrogen) atoms. The number of rotatable bonds is 5. The molecule has 2 heterocycles. The molecule has 0 aromatic carbocycles. The second kappa shape index (κ2) is 7.25. The number of likely N-dealkylation sites (tertiary alicyclic amines) is 2. The Kier molecular flexibility index (Phi) is 5.62. The van der Waals surface area contributed by atoms with Crippen LogP contribution >= 0.6 is 0 Å². The van der Waals surface area contributed by atoms with Crippen LogP contribution < -0.4 is 5.32 Å². The lowest BCUT2D eigenvalue weighted by molar-refractivity contribution is -0.134. The van der Waals surface area contributed by atoms with E-state index in [-0.39, 0.29) is 24.4 Å². The van der Waals surface area contributed by atoms with Crippen molar-refractivity contribution >= 4 is 11.8 Å². The average Bonchev–Trinajstić information content (AvgIpc) is 2.74. The van der Waals surface area contributed by atoms with Gasteiger partial charge in [0.2, 0.25) is 11.8 Å². The van der Waals surface area contributed by atoms with Gasteiger partial charge in [0.15, 0.2) is 0 Å². The summed E-state index contributed by atoms with van der Waals surface area (Å²) in [6.07, 6.45) is 5.25. The third-order valence-electron chi connectivity index (χ3n) is 5.01. The molecule has 0 unspecified atom stereocenters. The van der Waals surface area contributed by atoms with E-state index in [0.717, 1.165) is 13.0 Å². The van der Waals surface area contributed by atoms with Gasteiger partial charge in [0.05, 0.1) is 6.54 Å². The zero-order valence-electron chi connectivity index (χ0n) is 13.6. The summed E-state index contributed by atoms with van der Waals surface area (Å²) in [6, 6.07) is 1.40. The highest BCUT2D eigenvalue weighted by Gasteiger charge is 2.29. The Morgan fingerprint density at radius 2 is 1.81 bits per heavy atom. The molecule has 2 rings (SSSR count). The van der Waals surface area contributed by atoms with Crippen LogP contribution in [0.2, 0.25) is 0 Å². The van der Waals surface area contributed by atoms with Gasteiger partial charge in [-0.3, -0.25) is 14.5 Å². The summed E-state index contributed by atoms with van der Waals surface area (Å²) in [4.78, 5) is 27.8. The zero-order valence-corrected chi connectivity index (χ0v) is 13.6. The van der Waals surface area contributed by atoms with E-state index in [1.165, 1.54) is 19.3 Å². The van der Waals surface area contributed by atoms with Gasteiger partial charge in [0.25, 0.3) is 0 Å². The molecule has 2 saturated heterocycles. The average molecular weight is 295 g/mol. The van der Waals surface area contributed by atoms with Crippen molar-refractivity contribution in [3.05, 3.63) is 0 Å². The van der Waals surface area contributed by atoms with Gasteiger partial charge < -0.3 is 10.2 Å². The molecule has 2 fully saturated rings. The number of piperidine rings is 1. The molecule has 0 bridgehead atoms.